The second-order valence-corrected chi connectivity index (χ2v) is 8.21. The Balaban J connectivity index is 0.000000668. The molecule has 0 spiro atoms. The van der Waals surface area contributed by atoms with Crippen molar-refractivity contribution in [1.29, 1.82) is 0 Å². The summed E-state index contributed by atoms with van der Waals surface area (Å²) in [5.74, 6) is 1.72. The first-order valence-electron chi connectivity index (χ1n) is 10.6. The first-order chi connectivity index (χ1) is 15.3. The van der Waals surface area contributed by atoms with E-state index >= 15 is 0 Å². The fourth-order valence-corrected chi connectivity index (χ4v) is 3.45. The first-order valence-corrected chi connectivity index (χ1v) is 10.6. The van der Waals surface area contributed by atoms with Gasteiger partial charge in [-0.2, -0.15) is 0 Å². The zero-order valence-electron chi connectivity index (χ0n) is 19.1. The molecule has 0 unspecified atom stereocenters. The van der Waals surface area contributed by atoms with Gasteiger partial charge in [-0.1, -0.05) is 47.6 Å². The molecule has 1 aliphatic heterocycles. The number of fused-ring (bicyclic) bond motifs is 1. The zero-order chi connectivity index (χ0) is 23.3. The number of aliphatic hydroxyl groups excluding tert-OH is 1. The lowest BCUT2D eigenvalue weighted by molar-refractivity contribution is -0.0533. The van der Waals surface area contributed by atoms with E-state index in [-0.39, 0.29) is 5.78 Å². The van der Waals surface area contributed by atoms with Crippen molar-refractivity contribution in [2.45, 2.75) is 52.4 Å². The number of hydrogen-bond donors (Lipinski definition) is 2. The number of aryl methyl sites for hydroxylation is 1. The maximum Gasteiger partial charge on any atom is 0.193 e. The van der Waals surface area contributed by atoms with Crippen LogP contribution in [0.3, 0.4) is 0 Å². The summed E-state index contributed by atoms with van der Waals surface area (Å²) in [6, 6.07) is 15.6. The van der Waals surface area contributed by atoms with Crippen LogP contribution in [0, 0.1) is 6.92 Å². The highest BCUT2D eigenvalue weighted by atomic mass is 16.5. The van der Waals surface area contributed by atoms with E-state index in [1.807, 2.05) is 58.0 Å². The van der Waals surface area contributed by atoms with Gasteiger partial charge < -0.3 is 19.7 Å². The molecule has 2 N–H and O–H groups in total. The minimum atomic E-state index is -0.862. The Morgan fingerprint density at radius 1 is 1.06 bits per heavy atom. The number of nitrogens with one attached hydrogen (secondary N) is 1. The van der Waals surface area contributed by atoms with Crippen LogP contribution in [0.4, 0.5) is 5.82 Å². The monoisotopic (exact) mass is 434 g/mol. The fraction of sp³-hybridized carbons (Fsp3) is 0.308. The van der Waals surface area contributed by atoms with Gasteiger partial charge in [0, 0.05) is 22.8 Å². The largest absolute Gasteiger partial charge is 0.485 e. The second-order valence-electron chi connectivity index (χ2n) is 8.21. The third-order valence-electron chi connectivity index (χ3n) is 5.31. The van der Waals surface area contributed by atoms with Crippen LogP contribution in [0.1, 0.15) is 61.0 Å². The number of aliphatic hydroxyl groups is 1. The van der Waals surface area contributed by atoms with E-state index in [2.05, 4.69) is 10.5 Å². The van der Waals surface area contributed by atoms with E-state index in [0.29, 0.717) is 34.0 Å². The second kappa shape index (κ2) is 9.83. The van der Waals surface area contributed by atoms with E-state index < -0.39 is 17.7 Å². The molecular weight excluding hydrogens is 404 g/mol. The zero-order valence-corrected chi connectivity index (χ0v) is 19.1. The van der Waals surface area contributed by atoms with Crippen LogP contribution in [-0.4, -0.2) is 27.8 Å². The number of benzene rings is 2. The van der Waals surface area contributed by atoms with Crippen LogP contribution in [0.15, 0.2) is 71.3 Å². The molecule has 0 fully saturated rings. The van der Waals surface area contributed by atoms with E-state index in [1.54, 1.807) is 43.3 Å². The molecule has 0 saturated carbocycles. The Labute approximate surface area is 188 Å². The summed E-state index contributed by atoms with van der Waals surface area (Å²) in [4.78, 5) is 12.9. The molecular formula is C26H30N2O4. The van der Waals surface area contributed by atoms with Crippen molar-refractivity contribution < 1.29 is 19.2 Å². The first kappa shape index (κ1) is 23.3. The van der Waals surface area contributed by atoms with Crippen LogP contribution in [0.2, 0.25) is 0 Å². The van der Waals surface area contributed by atoms with Gasteiger partial charge in [0.05, 0.1) is 6.04 Å². The number of hydrogen-bond acceptors (Lipinski definition) is 6. The van der Waals surface area contributed by atoms with Gasteiger partial charge in [-0.05, 0) is 52.8 Å². The Hall–Kier alpha value is -3.38. The van der Waals surface area contributed by atoms with E-state index in [4.69, 9.17) is 9.26 Å². The molecule has 0 bridgehead atoms. The predicted molar refractivity (Wildman–Crippen MR) is 125 cm³/mol. The van der Waals surface area contributed by atoms with Crippen molar-refractivity contribution in [2.75, 3.05) is 5.32 Å². The number of carbonyl (C=O) groups excluding carboxylic acids is 1. The van der Waals surface area contributed by atoms with Gasteiger partial charge in [0.1, 0.15) is 23.2 Å². The number of nitrogens with zero attached hydrogens (tertiary/aromatic N) is 1. The Morgan fingerprint density at radius 3 is 2.34 bits per heavy atom. The van der Waals surface area contributed by atoms with Crippen molar-refractivity contribution >= 4 is 11.6 Å². The Morgan fingerprint density at radius 2 is 1.75 bits per heavy atom. The normalized spacial score (nSPS) is 18.8. The van der Waals surface area contributed by atoms with Crippen LogP contribution in [-0.2, 0) is 0 Å². The number of ether oxygens (including phenoxy) is 1. The lowest BCUT2D eigenvalue weighted by Gasteiger charge is -2.42. The van der Waals surface area contributed by atoms with Gasteiger partial charge >= 0.3 is 0 Å². The molecule has 1 aliphatic rings. The van der Waals surface area contributed by atoms with Crippen molar-refractivity contribution in [3.05, 3.63) is 89.2 Å². The van der Waals surface area contributed by atoms with Crippen molar-refractivity contribution in [2.24, 2.45) is 0 Å². The third kappa shape index (κ3) is 5.08. The number of ketones is 1. The highest BCUT2D eigenvalue weighted by molar-refractivity contribution is 6.09. The molecule has 0 radical (unpaired) electrons. The maximum absolute atomic E-state index is 12.9. The SMILES string of the molecule is C/C=C\C.Cc1cc(N[C@@H]2c3cc(C(=O)c4ccccc4)ccc3OC(C)(C)[C@H]2O)no1. The molecule has 0 amide bonds. The third-order valence-corrected chi connectivity index (χ3v) is 5.31. The number of aromatic nitrogens is 1. The summed E-state index contributed by atoms with van der Waals surface area (Å²) < 4.78 is 11.1. The molecule has 2 atom stereocenters. The van der Waals surface area contributed by atoms with Gasteiger partial charge in [-0.15, -0.1) is 0 Å². The maximum atomic E-state index is 12.9. The quantitative estimate of drug-likeness (QED) is 0.418. The molecule has 0 aliphatic carbocycles. The molecule has 1 aromatic heterocycles. The topological polar surface area (TPSA) is 84.6 Å². The summed E-state index contributed by atoms with van der Waals surface area (Å²) in [6.07, 6.45) is 3.14. The van der Waals surface area contributed by atoms with Crippen molar-refractivity contribution in [1.82, 2.24) is 5.16 Å². The Bertz CT molecular complexity index is 1080. The smallest absolute Gasteiger partial charge is 0.193 e. The summed E-state index contributed by atoms with van der Waals surface area (Å²) >= 11 is 0. The molecule has 0 saturated heterocycles. The van der Waals surface area contributed by atoms with E-state index in [1.165, 1.54) is 0 Å². The summed E-state index contributed by atoms with van der Waals surface area (Å²) in [5, 5.41) is 18.1. The summed E-state index contributed by atoms with van der Waals surface area (Å²) in [5.41, 5.74) is 1.03. The Kier molecular flexibility index (Phi) is 7.15. The average Bonchev–Trinajstić information content (AvgIpc) is 3.21. The average molecular weight is 435 g/mol. The highest BCUT2D eigenvalue weighted by Gasteiger charge is 2.43. The van der Waals surface area contributed by atoms with Crippen LogP contribution in [0.5, 0.6) is 5.75 Å². The molecule has 3 aromatic rings. The van der Waals surface area contributed by atoms with Crippen molar-refractivity contribution in [3.63, 3.8) is 0 Å². The fourth-order valence-electron chi connectivity index (χ4n) is 3.45. The van der Waals surface area contributed by atoms with Crippen molar-refractivity contribution in [3.8, 4) is 5.75 Å². The van der Waals surface area contributed by atoms with Gasteiger partial charge in [0.15, 0.2) is 11.6 Å². The van der Waals surface area contributed by atoms with Gasteiger partial charge in [-0.25, -0.2) is 0 Å². The molecule has 2 heterocycles. The number of rotatable bonds is 4. The highest BCUT2D eigenvalue weighted by Crippen LogP contribution is 2.42. The standard InChI is InChI=1S/C22H22N2O4.C4H8/c1-13-11-18(24-28-13)23-19-16-12-15(20(25)14-7-5-4-6-8-14)9-10-17(16)27-22(2,3)21(19)26;1-3-4-2/h4-12,19,21,26H,1-3H3,(H,23,24);3-4H,1-2H3/b;4-3-/t19-,21+;/m1./s1. The minimum absolute atomic E-state index is 0.0845. The summed E-state index contributed by atoms with van der Waals surface area (Å²) in [7, 11) is 0. The predicted octanol–water partition coefficient (Wildman–Crippen LogP) is 5.48. The molecule has 6 heteroatoms. The number of allylic oxidation sites excluding steroid dienone is 2. The van der Waals surface area contributed by atoms with Gasteiger partial charge in [-0.3, -0.25) is 4.79 Å². The number of carbonyl (C=O) groups is 1. The van der Waals surface area contributed by atoms with Crippen LogP contribution < -0.4 is 10.1 Å². The van der Waals surface area contributed by atoms with Crippen LogP contribution >= 0.6 is 0 Å². The van der Waals surface area contributed by atoms with Crippen LogP contribution in [0.25, 0.3) is 0 Å². The van der Waals surface area contributed by atoms with E-state index in [0.717, 1.165) is 0 Å². The number of anilines is 1. The molecule has 168 valence electrons. The lowest BCUT2D eigenvalue weighted by atomic mass is 9.85. The molecule has 2 aromatic carbocycles. The van der Waals surface area contributed by atoms with Gasteiger partial charge in [0.25, 0.3) is 0 Å². The van der Waals surface area contributed by atoms with Gasteiger partial charge in [0.2, 0.25) is 0 Å². The lowest BCUT2D eigenvalue weighted by Crippen LogP contribution is -2.50. The molecule has 32 heavy (non-hydrogen) atoms. The van der Waals surface area contributed by atoms with E-state index in [9.17, 15) is 9.90 Å². The minimum Gasteiger partial charge on any atom is -0.485 e. The molecule has 6 nitrogen and oxygen atoms in total. The molecule has 4 rings (SSSR count). The summed E-state index contributed by atoms with van der Waals surface area (Å²) in [6.45, 7) is 9.45.